The normalized spacial score (nSPS) is 24.5. The Morgan fingerprint density at radius 3 is 2.40 bits per heavy atom. The van der Waals surface area contributed by atoms with E-state index in [9.17, 15) is 9.90 Å². The lowest BCUT2D eigenvalue weighted by Crippen LogP contribution is -2.45. The number of hydrogen-bond acceptors (Lipinski definition) is 2. The minimum atomic E-state index is -0.630. The number of urea groups is 1. The first kappa shape index (κ1) is 10.7. The average Bonchev–Trinajstić information content (AvgIpc) is 2.85. The van der Waals surface area contributed by atoms with Crippen LogP contribution in [-0.2, 0) is 0 Å². The summed E-state index contributed by atoms with van der Waals surface area (Å²) in [5, 5.41) is 12.9. The fourth-order valence-corrected chi connectivity index (χ4v) is 2.48. The van der Waals surface area contributed by atoms with Gasteiger partial charge in [0.05, 0.1) is 5.60 Å². The van der Waals surface area contributed by atoms with E-state index in [1.54, 1.807) is 0 Å². The van der Waals surface area contributed by atoms with Crippen LogP contribution >= 0.6 is 0 Å². The number of nitrogens with zero attached hydrogens (tertiary/aromatic N) is 1. The molecule has 1 aliphatic heterocycles. The highest BCUT2D eigenvalue weighted by molar-refractivity contribution is 5.74. The van der Waals surface area contributed by atoms with Crippen LogP contribution in [0, 0.1) is 0 Å². The van der Waals surface area contributed by atoms with Gasteiger partial charge in [0.2, 0.25) is 0 Å². The first-order valence-electron chi connectivity index (χ1n) is 5.95. The molecule has 15 heavy (non-hydrogen) atoms. The first-order valence-corrected chi connectivity index (χ1v) is 5.95. The largest absolute Gasteiger partial charge is 0.388 e. The van der Waals surface area contributed by atoms with Gasteiger partial charge in [-0.3, -0.25) is 0 Å². The number of likely N-dealkylation sites (tertiary alicyclic amines) is 1. The van der Waals surface area contributed by atoms with Crippen molar-refractivity contribution < 1.29 is 9.90 Å². The van der Waals surface area contributed by atoms with Crippen molar-refractivity contribution in [3.63, 3.8) is 0 Å². The Morgan fingerprint density at radius 1 is 1.20 bits per heavy atom. The van der Waals surface area contributed by atoms with Crippen molar-refractivity contribution in [3.05, 3.63) is 0 Å². The summed E-state index contributed by atoms with van der Waals surface area (Å²) in [6.07, 6.45) is 6.03. The van der Waals surface area contributed by atoms with Crippen molar-refractivity contribution >= 4 is 6.03 Å². The van der Waals surface area contributed by atoms with Gasteiger partial charge in [-0.2, -0.15) is 0 Å². The van der Waals surface area contributed by atoms with E-state index < -0.39 is 5.60 Å². The Morgan fingerprint density at radius 2 is 1.80 bits per heavy atom. The molecule has 4 heteroatoms. The molecule has 0 unspecified atom stereocenters. The third-order valence-corrected chi connectivity index (χ3v) is 3.50. The fourth-order valence-electron chi connectivity index (χ4n) is 2.48. The smallest absolute Gasteiger partial charge is 0.317 e. The lowest BCUT2D eigenvalue weighted by atomic mass is 10.0. The van der Waals surface area contributed by atoms with Crippen molar-refractivity contribution in [2.24, 2.45) is 0 Å². The zero-order chi connectivity index (χ0) is 10.7. The summed E-state index contributed by atoms with van der Waals surface area (Å²) in [4.78, 5) is 13.5. The molecule has 1 saturated heterocycles. The van der Waals surface area contributed by atoms with E-state index in [0.29, 0.717) is 6.54 Å². The van der Waals surface area contributed by atoms with Crippen molar-refractivity contribution in [1.82, 2.24) is 10.2 Å². The van der Waals surface area contributed by atoms with Crippen LogP contribution in [0.25, 0.3) is 0 Å². The molecule has 2 fully saturated rings. The van der Waals surface area contributed by atoms with E-state index in [1.165, 1.54) is 0 Å². The first-order chi connectivity index (χ1) is 7.20. The van der Waals surface area contributed by atoms with Crippen LogP contribution in [0.4, 0.5) is 4.79 Å². The van der Waals surface area contributed by atoms with E-state index in [0.717, 1.165) is 51.6 Å². The molecule has 0 aromatic carbocycles. The van der Waals surface area contributed by atoms with Gasteiger partial charge in [0.25, 0.3) is 0 Å². The Balaban J connectivity index is 1.74. The van der Waals surface area contributed by atoms with Gasteiger partial charge in [0, 0.05) is 19.6 Å². The third kappa shape index (κ3) is 2.62. The van der Waals surface area contributed by atoms with Gasteiger partial charge >= 0.3 is 6.03 Å². The molecule has 4 nitrogen and oxygen atoms in total. The monoisotopic (exact) mass is 212 g/mol. The van der Waals surface area contributed by atoms with E-state index >= 15 is 0 Å². The molecule has 2 N–H and O–H groups in total. The topological polar surface area (TPSA) is 52.6 Å². The maximum atomic E-state index is 11.6. The van der Waals surface area contributed by atoms with E-state index in [2.05, 4.69) is 5.32 Å². The average molecular weight is 212 g/mol. The Hall–Kier alpha value is -0.770. The van der Waals surface area contributed by atoms with Gasteiger partial charge in [0.1, 0.15) is 0 Å². The van der Waals surface area contributed by atoms with Crippen LogP contribution in [0.1, 0.15) is 38.5 Å². The number of hydrogen-bond donors (Lipinski definition) is 2. The van der Waals surface area contributed by atoms with Crippen LogP contribution in [-0.4, -0.2) is 41.3 Å². The van der Waals surface area contributed by atoms with E-state index in [4.69, 9.17) is 0 Å². The van der Waals surface area contributed by atoms with E-state index in [-0.39, 0.29) is 6.03 Å². The van der Waals surface area contributed by atoms with Crippen LogP contribution in [0.15, 0.2) is 0 Å². The highest BCUT2D eigenvalue weighted by Gasteiger charge is 2.32. The number of carbonyl (C=O) groups is 1. The van der Waals surface area contributed by atoms with E-state index in [1.807, 2.05) is 4.90 Å². The lowest BCUT2D eigenvalue weighted by molar-refractivity contribution is 0.0488. The minimum Gasteiger partial charge on any atom is -0.388 e. The standard InChI is InChI=1S/C11H20N2O2/c14-10(13-7-3-4-8-13)12-9-11(15)5-1-2-6-11/h15H,1-9H2,(H,12,14). The molecule has 1 aliphatic carbocycles. The van der Waals surface area contributed by atoms with Crippen molar-refractivity contribution in [3.8, 4) is 0 Å². The quantitative estimate of drug-likeness (QED) is 0.720. The second kappa shape index (κ2) is 4.39. The molecule has 86 valence electrons. The molecule has 0 atom stereocenters. The second-order valence-corrected chi connectivity index (χ2v) is 4.78. The summed E-state index contributed by atoms with van der Waals surface area (Å²) in [6.45, 7) is 2.15. The predicted molar refractivity (Wildman–Crippen MR) is 57.6 cm³/mol. The maximum absolute atomic E-state index is 11.6. The molecule has 0 radical (unpaired) electrons. The second-order valence-electron chi connectivity index (χ2n) is 4.78. The molecule has 1 saturated carbocycles. The van der Waals surface area contributed by atoms with Crippen LogP contribution < -0.4 is 5.32 Å². The Kier molecular flexibility index (Phi) is 3.14. The Bertz CT molecular complexity index is 231. The minimum absolute atomic E-state index is 0.00664. The van der Waals surface area contributed by atoms with Gasteiger partial charge in [-0.15, -0.1) is 0 Å². The molecule has 2 aliphatic rings. The summed E-state index contributed by atoms with van der Waals surface area (Å²) in [5.41, 5.74) is -0.630. The van der Waals surface area contributed by atoms with Gasteiger partial charge in [-0.25, -0.2) is 4.79 Å². The highest BCUT2D eigenvalue weighted by Crippen LogP contribution is 2.28. The maximum Gasteiger partial charge on any atom is 0.317 e. The van der Waals surface area contributed by atoms with Gasteiger partial charge in [-0.05, 0) is 25.7 Å². The summed E-state index contributed by atoms with van der Waals surface area (Å²) in [6, 6.07) is -0.00664. The van der Waals surface area contributed by atoms with Crippen LogP contribution in [0.5, 0.6) is 0 Å². The molecular formula is C11H20N2O2. The summed E-state index contributed by atoms with van der Waals surface area (Å²) < 4.78 is 0. The fraction of sp³-hybridized carbons (Fsp3) is 0.909. The molecule has 0 aromatic rings. The molecule has 0 aromatic heterocycles. The molecule has 1 heterocycles. The molecular weight excluding hydrogens is 192 g/mol. The number of nitrogens with one attached hydrogen (secondary N) is 1. The zero-order valence-electron chi connectivity index (χ0n) is 9.17. The summed E-state index contributed by atoms with van der Waals surface area (Å²) in [7, 11) is 0. The summed E-state index contributed by atoms with van der Waals surface area (Å²) >= 11 is 0. The number of aliphatic hydroxyl groups is 1. The van der Waals surface area contributed by atoms with Crippen LogP contribution in [0.2, 0.25) is 0 Å². The lowest BCUT2D eigenvalue weighted by Gasteiger charge is -2.24. The molecule has 0 bridgehead atoms. The molecule has 2 rings (SSSR count). The third-order valence-electron chi connectivity index (χ3n) is 3.50. The van der Waals surface area contributed by atoms with Gasteiger partial charge in [0.15, 0.2) is 0 Å². The van der Waals surface area contributed by atoms with Crippen molar-refractivity contribution in [2.75, 3.05) is 19.6 Å². The summed E-state index contributed by atoms with van der Waals surface area (Å²) in [5.74, 6) is 0. The predicted octanol–water partition coefficient (Wildman–Crippen LogP) is 1.10. The SMILES string of the molecule is O=C(NCC1(O)CCCC1)N1CCCC1. The van der Waals surface area contributed by atoms with Crippen molar-refractivity contribution in [2.45, 2.75) is 44.1 Å². The van der Waals surface area contributed by atoms with Gasteiger partial charge in [-0.1, -0.05) is 12.8 Å². The van der Waals surface area contributed by atoms with Crippen molar-refractivity contribution in [1.29, 1.82) is 0 Å². The number of amides is 2. The highest BCUT2D eigenvalue weighted by atomic mass is 16.3. The number of carbonyl (C=O) groups excluding carboxylic acids is 1. The Labute approximate surface area is 90.6 Å². The number of rotatable bonds is 2. The van der Waals surface area contributed by atoms with Crippen LogP contribution in [0.3, 0.4) is 0 Å². The van der Waals surface area contributed by atoms with Gasteiger partial charge < -0.3 is 15.3 Å². The zero-order valence-corrected chi connectivity index (χ0v) is 9.17. The molecule has 2 amide bonds. The molecule has 0 spiro atoms.